The van der Waals surface area contributed by atoms with Crippen LogP contribution in [0.4, 0.5) is 0 Å². The fourth-order valence-corrected chi connectivity index (χ4v) is 1.43. The zero-order valence-electron chi connectivity index (χ0n) is 7.47. The molecule has 0 aliphatic carbocycles. The monoisotopic (exact) mass is 158 g/mol. The molecular weight excluding hydrogens is 140 g/mol. The van der Waals surface area contributed by atoms with Crippen LogP contribution in [-0.2, 0) is 4.74 Å². The Balaban J connectivity index is 2.12. The maximum Gasteiger partial charge on any atom is 0.0589 e. The van der Waals surface area contributed by atoms with E-state index in [0.717, 1.165) is 25.7 Å². The molecule has 1 heterocycles. The highest BCUT2D eigenvalue weighted by Gasteiger charge is 2.17. The third-order valence-electron chi connectivity index (χ3n) is 2.31. The quantitative estimate of drug-likeness (QED) is 0.619. The second kappa shape index (κ2) is 4.70. The fourth-order valence-electron chi connectivity index (χ4n) is 1.43. The lowest BCUT2D eigenvalue weighted by molar-refractivity contribution is 0.143. The number of methoxy groups -OCH3 is 1. The van der Waals surface area contributed by atoms with Gasteiger partial charge in [0.1, 0.15) is 0 Å². The van der Waals surface area contributed by atoms with E-state index in [0.29, 0.717) is 0 Å². The number of likely N-dealkylation sites (N-methyl/N-ethyl adjacent to an activating group) is 1. The molecule has 1 atom stereocenters. The molecule has 1 aliphatic rings. The van der Waals surface area contributed by atoms with Crippen LogP contribution in [0.5, 0.6) is 0 Å². The zero-order valence-corrected chi connectivity index (χ0v) is 7.47. The summed E-state index contributed by atoms with van der Waals surface area (Å²) in [6, 6.07) is 0.727. The number of ether oxygens (including phenoxy) is 1. The van der Waals surface area contributed by atoms with Gasteiger partial charge in [0.25, 0.3) is 0 Å². The van der Waals surface area contributed by atoms with Crippen LogP contribution in [0.1, 0.15) is 6.42 Å². The van der Waals surface area contributed by atoms with Gasteiger partial charge < -0.3 is 10.1 Å². The topological polar surface area (TPSA) is 24.5 Å². The SMILES string of the molecule is COCCN(C)C1CCNC1. The molecule has 0 radical (unpaired) electrons. The summed E-state index contributed by atoms with van der Waals surface area (Å²) < 4.78 is 5.01. The minimum absolute atomic E-state index is 0.727. The summed E-state index contributed by atoms with van der Waals surface area (Å²) in [6.45, 7) is 4.19. The third kappa shape index (κ3) is 2.77. The minimum atomic E-state index is 0.727. The Hall–Kier alpha value is -0.120. The minimum Gasteiger partial charge on any atom is -0.383 e. The van der Waals surface area contributed by atoms with Crippen LogP contribution in [0.25, 0.3) is 0 Å². The molecule has 0 bridgehead atoms. The number of rotatable bonds is 4. The zero-order chi connectivity index (χ0) is 8.10. The van der Waals surface area contributed by atoms with E-state index in [1.807, 2.05) is 0 Å². The van der Waals surface area contributed by atoms with E-state index < -0.39 is 0 Å². The Kier molecular flexibility index (Phi) is 3.83. The van der Waals surface area contributed by atoms with Crippen molar-refractivity contribution < 1.29 is 4.74 Å². The summed E-state index contributed by atoms with van der Waals surface area (Å²) in [6.07, 6.45) is 1.28. The Morgan fingerprint density at radius 1 is 1.64 bits per heavy atom. The first-order valence-corrected chi connectivity index (χ1v) is 4.24. The Morgan fingerprint density at radius 3 is 3.00 bits per heavy atom. The average molecular weight is 158 g/mol. The van der Waals surface area contributed by atoms with Crippen LogP contribution >= 0.6 is 0 Å². The number of nitrogens with zero attached hydrogens (tertiary/aromatic N) is 1. The molecule has 0 saturated carbocycles. The van der Waals surface area contributed by atoms with E-state index in [4.69, 9.17) is 4.74 Å². The van der Waals surface area contributed by atoms with Gasteiger partial charge in [-0.3, -0.25) is 4.90 Å². The van der Waals surface area contributed by atoms with Crippen molar-refractivity contribution in [3.8, 4) is 0 Å². The largest absolute Gasteiger partial charge is 0.383 e. The number of hydrogen-bond donors (Lipinski definition) is 1. The average Bonchev–Trinajstić information content (AvgIpc) is 2.52. The van der Waals surface area contributed by atoms with Gasteiger partial charge in [0.05, 0.1) is 6.61 Å². The van der Waals surface area contributed by atoms with Gasteiger partial charge in [-0.2, -0.15) is 0 Å². The molecule has 0 aromatic carbocycles. The highest BCUT2D eigenvalue weighted by Crippen LogP contribution is 2.04. The number of nitrogens with one attached hydrogen (secondary N) is 1. The second-order valence-corrected chi connectivity index (χ2v) is 3.12. The highest BCUT2D eigenvalue weighted by molar-refractivity contribution is 4.78. The molecule has 0 amide bonds. The second-order valence-electron chi connectivity index (χ2n) is 3.12. The van der Waals surface area contributed by atoms with Crippen molar-refractivity contribution in [2.45, 2.75) is 12.5 Å². The number of hydrogen-bond acceptors (Lipinski definition) is 3. The van der Waals surface area contributed by atoms with Crippen molar-refractivity contribution in [1.29, 1.82) is 0 Å². The van der Waals surface area contributed by atoms with Crippen molar-refractivity contribution in [2.24, 2.45) is 0 Å². The molecule has 1 unspecified atom stereocenters. The first-order chi connectivity index (χ1) is 5.34. The van der Waals surface area contributed by atoms with Crippen LogP contribution in [0.15, 0.2) is 0 Å². The van der Waals surface area contributed by atoms with Gasteiger partial charge >= 0.3 is 0 Å². The van der Waals surface area contributed by atoms with Crippen LogP contribution < -0.4 is 5.32 Å². The molecule has 3 nitrogen and oxygen atoms in total. The lowest BCUT2D eigenvalue weighted by Crippen LogP contribution is -2.35. The maximum absolute atomic E-state index is 5.01. The summed E-state index contributed by atoms with van der Waals surface area (Å²) >= 11 is 0. The van der Waals surface area contributed by atoms with Crippen LogP contribution in [0.3, 0.4) is 0 Å². The molecule has 1 N–H and O–H groups in total. The molecule has 0 aromatic rings. The summed E-state index contributed by atoms with van der Waals surface area (Å²) in [7, 11) is 3.91. The maximum atomic E-state index is 5.01. The van der Waals surface area contributed by atoms with Gasteiger partial charge in [-0.25, -0.2) is 0 Å². The predicted octanol–water partition coefficient (Wildman–Crippen LogP) is -0.0735. The van der Waals surface area contributed by atoms with Gasteiger partial charge in [-0.05, 0) is 20.0 Å². The van der Waals surface area contributed by atoms with Gasteiger partial charge in [0.2, 0.25) is 0 Å². The molecule has 3 heteroatoms. The summed E-state index contributed by atoms with van der Waals surface area (Å²) in [5, 5.41) is 3.35. The van der Waals surface area contributed by atoms with Crippen molar-refractivity contribution in [2.75, 3.05) is 40.4 Å². The first-order valence-electron chi connectivity index (χ1n) is 4.24. The van der Waals surface area contributed by atoms with E-state index in [1.165, 1.54) is 13.0 Å². The summed E-state index contributed by atoms with van der Waals surface area (Å²) in [5.74, 6) is 0. The van der Waals surface area contributed by atoms with Crippen molar-refractivity contribution in [1.82, 2.24) is 10.2 Å². The van der Waals surface area contributed by atoms with E-state index in [9.17, 15) is 0 Å². The van der Waals surface area contributed by atoms with Gasteiger partial charge in [-0.15, -0.1) is 0 Å². The van der Waals surface area contributed by atoms with E-state index in [1.54, 1.807) is 7.11 Å². The summed E-state index contributed by atoms with van der Waals surface area (Å²) in [4.78, 5) is 2.36. The van der Waals surface area contributed by atoms with Crippen LogP contribution in [0, 0.1) is 0 Å². The van der Waals surface area contributed by atoms with Gasteiger partial charge in [0.15, 0.2) is 0 Å². The Bertz CT molecular complexity index is 102. The van der Waals surface area contributed by atoms with E-state index in [-0.39, 0.29) is 0 Å². The smallest absolute Gasteiger partial charge is 0.0589 e. The van der Waals surface area contributed by atoms with Gasteiger partial charge in [-0.1, -0.05) is 0 Å². The molecule has 11 heavy (non-hydrogen) atoms. The molecular formula is C8H18N2O. The fraction of sp³-hybridized carbons (Fsp3) is 1.00. The van der Waals surface area contributed by atoms with E-state index in [2.05, 4.69) is 17.3 Å². The lowest BCUT2D eigenvalue weighted by Gasteiger charge is -2.22. The standard InChI is InChI=1S/C8H18N2O/c1-10(5-6-11-2)8-3-4-9-7-8/h8-9H,3-7H2,1-2H3. The first kappa shape index (κ1) is 8.97. The molecule has 1 fully saturated rings. The Morgan fingerprint density at radius 2 is 2.45 bits per heavy atom. The molecule has 0 aromatic heterocycles. The molecule has 1 rings (SSSR count). The molecule has 0 spiro atoms. The molecule has 1 saturated heterocycles. The van der Waals surface area contributed by atoms with Gasteiger partial charge in [0, 0.05) is 26.2 Å². The van der Waals surface area contributed by atoms with Crippen molar-refractivity contribution in [3.63, 3.8) is 0 Å². The van der Waals surface area contributed by atoms with Crippen LogP contribution in [-0.4, -0.2) is 51.3 Å². The van der Waals surface area contributed by atoms with E-state index >= 15 is 0 Å². The normalized spacial score (nSPS) is 24.8. The predicted molar refractivity (Wildman–Crippen MR) is 45.8 cm³/mol. The third-order valence-corrected chi connectivity index (χ3v) is 2.31. The lowest BCUT2D eigenvalue weighted by atomic mass is 10.2. The van der Waals surface area contributed by atoms with Crippen LogP contribution in [0.2, 0.25) is 0 Å². The Labute approximate surface area is 68.7 Å². The molecule has 66 valence electrons. The molecule has 1 aliphatic heterocycles. The van der Waals surface area contributed by atoms with Crippen molar-refractivity contribution >= 4 is 0 Å². The highest BCUT2D eigenvalue weighted by atomic mass is 16.5. The summed E-state index contributed by atoms with van der Waals surface area (Å²) in [5.41, 5.74) is 0. The van der Waals surface area contributed by atoms with Crippen molar-refractivity contribution in [3.05, 3.63) is 0 Å².